The molecule has 194 valence electrons. The summed E-state index contributed by atoms with van der Waals surface area (Å²) in [5.74, 6) is 0. The van der Waals surface area contributed by atoms with Crippen LogP contribution in [0, 0.1) is 0 Å². The fourth-order valence-electron chi connectivity index (χ4n) is 3.99. The molecule has 0 aromatic carbocycles. The largest absolute Gasteiger partial charge is 0.395 e. The number of thioether (sulfide) groups is 1. The molecule has 0 aromatic heterocycles. The van der Waals surface area contributed by atoms with E-state index in [1.54, 1.807) is 0 Å². The van der Waals surface area contributed by atoms with Gasteiger partial charge in [0, 0.05) is 0 Å². The summed E-state index contributed by atoms with van der Waals surface area (Å²) in [6, 6.07) is 0. The quantitative estimate of drug-likeness (QED) is 0.162. The van der Waals surface area contributed by atoms with Crippen LogP contribution < -0.4 is 0 Å². The summed E-state index contributed by atoms with van der Waals surface area (Å²) in [6.45, 7) is 0.105. The molecule has 15 heteroatoms. The molecule has 0 aliphatic carbocycles. The average molecular weight is 505 g/mol. The minimum absolute atomic E-state index is 0.595. The van der Waals surface area contributed by atoms with Crippen LogP contribution in [0.15, 0.2) is 0 Å². The molecule has 15 atom stereocenters. The summed E-state index contributed by atoms with van der Waals surface area (Å²) < 4.78 is 22.0. The first kappa shape index (κ1) is 27.4. The van der Waals surface area contributed by atoms with Gasteiger partial charge in [-0.3, -0.25) is 0 Å². The highest BCUT2D eigenvalue weighted by Gasteiger charge is 2.53. The molecule has 3 heterocycles. The molecule has 0 amide bonds. The summed E-state index contributed by atoms with van der Waals surface area (Å²) in [5, 5.41) is 99.4. The van der Waals surface area contributed by atoms with Crippen molar-refractivity contribution >= 4 is 11.8 Å². The second-order valence-corrected chi connectivity index (χ2v) is 9.68. The van der Waals surface area contributed by atoms with E-state index in [1.807, 2.05) is 0 Å². The summed E-state index contributed by atoms with van der Waals surface area (Å²) in [4.78, 5) is 0. The zero-order chi connectivity index (χ0) is 24.6. The van der Waals surface area contributed by atoms with Crippen LogP contribution in [0.2, 0.25) is 0 Å². The lowest BCUT2D eigenvalue weighted by molar-refractivity contribution is -0.346. The zero-order valence-electron chi connectivity index (χ0n) is 17.6. The van der Waals surface area contributed by atoms with Gasteiger partial charge in [0.1, 0.15) is 66.5 Å². The van der Waals surface area contributed by atoms with Crippen LogP contribution in [-0.4, -0.2) is 155 Å². The average Bonchev–Trinajstić information content (AvgIpc) is 2.80. The molecule has 0 saturated carbocycles. The Hall–Kier alpha value is -0.210. The third kappa shape index (κ3) is 5.47. The molecule has 33 heavy (non-hydrogen) atoms. The Balaban J connectivity index is 1.83. The molecule has 10 N–H and O–H groups in total. The van der Waals surface area contributed by atoms with Crippen molar-refractivity contribution in [1.82, 2.24) is 0 Å². The lowest BCUT2D eigenvalue weighted by Crippen LogP contribution is -2.65. The van der Waals surface area contributed by atoms with Crippen LogP contribution in [0.25, 0.3) is 0 Å². The van der Waals surface area contributed by atoms with Crippen LogP contribution in [0.1, 0.15) is 6.92 Å². The van der Waals surface area contributed by atoms with Crippen molar-refractivity contribution < 1.29 is 70.0 Å². The highest BCUT2D eigenvalue weighted by atomic mass is 32.2. The van der Waals surface area contributed by atoms with Crippen LogP contribution in [0.4, 0.5) is 0 Å². The van der Waals surface area contributed by atoms with Gasteiger partial charge in [0.05, 0.1) is 24.6 Å². The van der Waals surface area contributed by atoms with Gasteiger partial charge in [0.15, 0.2) is 12.6 Å². The van der Waals surface area contributed by atoms with Crippen molar-refractivity contribution in [2.45, 2.75) is 97.3 Å². The molecule has 3 rings (SSSR count). The van der Waals surface area contributed by atoms with Crippen molar-refractivity contribution in [3.05, 3.63) is 0 Å². The smallest absolute Gasteiger partial charge is 0.187 e. The number of aliphatic hydroxyl groups excluding tert-OH is 10. The molecule has 14 nitrogen and oxygen atoms in total. The third-order valence-corrected chi connectivity index (χ3v) is 7.38. The minimum Gasteiger partial charge on any atom is -0.395 e. The van der Waals surface area contributed by atoms with E-state index < -0.39 is 104 Å². The Morgan fingerprint density at radius 1 is 0.636 bits per heavy atom. The van der Waals surface area contributed by atoms with Gasteiger partial charge in [0.2, 0.25) is 0 Å². The molecular weight excluding hydrogens is 472 g/mol. The van der Waals surface area contributed by atoms with Crippen molar-refractivity contribution in [3.63, 3.8) is 0 Å². The van der Waals surface area contributed by atoms with Gasteiger partial charge >= 0.3 is 0 Å². The van der Waals surface area contributed by atoms with Crippen molar-refractivity contribution in [2.24, 2.45) is 0 Å². The standard InChI is InChI=1S/C18H32O14S/c1-4-7(21)9(23)11(25)17(29-4)32-15-13(27)16(28)33-6(3-20)14(15)31-18-12(26)10(24)8(22)5(2-19)30-18/h4-28H,2-3H2,1H3. The van der Waals surface area contributed by atoms with Gasteiger partial charge < -0.3 is 70.0 Å². The Morgan fingerprint density at radius 3 is 1.76 bits per heavy atom. The highest BCUT2D eigenvalue weighted by molar-refractivity contribution is 8.00. The van der Waals surface area contributed by atoms with E-state index in [1.165, 1.54) is 6.92 Å². The third-order valence-electron chi connectivity index (χ3n) is 6.05. The SMILES string of the molecule is CC1OC(OC2C(O)C(O)SC(CO)C2OC2OC(CO)C(O)C(O)C2O)C(O)C(O)C1O. The zero-order valence-corrected chi connectivity index (χ0v) is 18.4. The maximum absolute atomic E-state index is 10.6. The predicted octanol–water partition coefficient (Wildman–Crippen LogP) is -5.83. The summed E-state index contributed by atoms with van der Waals surface area (Å²) >= 11 is 0.728. The number of ether oxygens (including phenoxy) is 4. The van der Waals surface area contributed by atoms with E-state index >= 15 is 0 Å². The first-order valence-corrected chi connectivity index (χ1v) is 11.4. The van der Waals surface area contributed by atoms with E-state index in [0.29, 0.717) is 0 Å². The van der Waals surface area contributed by atoms with E-state index in [-0.39, 0.29) is 0 Å². The topological polar surface area (TPSA) is 239 Å². The maximum atomic E-state index is 10.6. The first-order valence-electron chi connectivity index (χ1n) is 10.4. The van der Waals surface area contributed by atoms with Crippen molar-refractivity contribution in [1.29, 1.82) is 0 Å². The van der Waals surface area contributed by atoms with Gasteiger partial charge in [-0.1, -0.05) is 0 Å². The lowest BCUT2D eigenvalue weighted by Gasteiger charge is -2.48. The summed E-state index contributed by atoms with van der Waals surface area (Å²) in [7, 11) is 0. The molecule has 3 saturated heterocycles. The Morgan fingerprint density at radius 2 is 1.18 bits per heavy atom. The van der Waals surface area contributed by atoms with Crippen molar-refractivity contribution in [2.75, 3.05) is 13.2 Å². The van der Waals surface area contributed by atoms with Crippen LogP contribution in [0.3, 0.4) is 0 Å². The van der Waals surface area contributed by atoms with Crippen molar-refractivity contribution in [3.8, 4) is 0 Å². The predicted molar refractivity (Wildman–Crippen MR) is 106 cm³/mol. The van der Waals surface area contributed by atoms with E-state index in [9.17, 15) is 51.1 Å². The minimum atomic E-state index is -1.79. The van der Waals surface area contributed by atoms with Crippen LogP contribution >= 0.6 is 11.8 Å². The number of hydrogen-bond acceptors (Lipinski definition) is 15. The van der Waals surface area contributed by atoms with E-state index in [0.717, 1.165) is 11.8 Å². The number of rotatable bonds is 6. The molecule has 3 aliphatic rings. The van der Waals surface area contributed by atoms with Gasteiger partial charge in [-0.05, 0) is 6.92 Å². The molecule has 0 aromatic rings. The second kappa shape index (κ2) is 11.2. The molecule has 15 unspecified atom stereocenters. The first-order chi connectivity index (χ1) is 15.5. The Bertz CT molecular complexity index is 629. The van der Waals surface area contributed by atoms with Gasteiger partial charge in [-0.15, -0.1) is 11.8 Å². The van der Waals surface area contributed by atoms with Gasteiger partial charge in [-0.2, -0.15) is 0 Å². The van der Waals surface area contributed by atoms with Crippen LogP contribution in [-0.2, 0) is 18.9 Å². The molecule has 0 spiro atoms. The molecule has 0 radical (unpaired) electrons. The Kier molecular flexibility index (Phi) is 9.32. The van der Waals surface area contributed by atoms with Gasteiger partial charge in [0.25, 0.3) is 0 Å². The number of aliphatic hydroxyl groups is 10. The number of hydrogen-bond donors (Lipinski definition) is 10. The van der Waals surface area contributed by atoms with Crippen LogP contribution in [0.5, 0.6) is 0 Å². The van der Waals surface area contributed by atoms with E-state index in [2.05, 4.69) is 0 Å². The molecule has 3 aliphatic heterocycles. The second-order valence-electron chi connectivity index (χ2n) is 8.32. The normalized spacial score (nSPS) is 53.7. The van der Waals surface area contributed by atoms with E-state index in [4.69, 9.17) is 18.9 Å². The molecule has 3 fully saturated rings. The highest BCUT2D eigenvalue weighted by Crippen LogP contribution is 2.38. The maximum Gasteiger partial charge on any atom is 0.187 e. The van der Waals surface area contributed by atoms with Gasteiger partial charge in [-0.25, -0.2) is 0 Å². The monoisotopic (exact) mass is 504 g/mol. The molecular formula is C18H32O14S. The lowest BCUT2D eigenvalue weighted by atomic mass is 9.98. The summed E-state index contributed by atoms with van der Waals surface area (Å²) in [6.07, 6.45) is -20.0. The Labute approximate surface area is 192 Å². The fourth-order valence-corrected chi connectivity index (χ4v) is 5.12. The summed E-state index contributed by atoms with van der Waals surface area (Å²) in [5.41, 5.74) is -1.46. The molecule has 0 bridgehead atoms. The fraction of sp³-hybridized carbons (Fsp3) is 1.00.